The summed E-state index contributed by atoms with van der Waals surface area (Å²) in [5.74, 6) is -0.373. The number of benzene rings is 2. The van der Waals surface area contributed by atoms with Crippen molar-refractivity contribution in [3.63, 3.8) is 0 Å². The summed E-state index contributed by atoms with van der Waals surface area (Å²) in [5.41, 5.74) is 0.858. The minimum atomic E-state index is -0.907. The lowest BCUT2D eigenvalue weighted by molar-refractivity contribution is -0.129. The van der Waals surface area contributed by atoms with Crippen LogP contribution >= 0.6 is 0 Å². The Bertz CT molecular complexity index is 1340. The van der Waals surface area contributed by atoms with E-state index in [4.69, 9.17) is 18.6 Å². The molecule has 0 saturated carbocycles. The summed E-state index contributed by atoms with van der Waals surface area (Å²) in [7, 11) is 4.56. The van der Waals surface area contributed by atoms with Gasteiger partial charge >= 0.3 is 0 Å². The van der Waals surface area contributed by atoms with E-state index in [-0.39, 0.29) is 11.3 Å². The maximum Gasteiger partial charge on any atom is 0.290 e. The van der Waals surface area contributed by atoms with Gasteiger partial charge in [0.25, 0.3) is 5.91 Å². The van der Waals surface area contributed by atoms with Gasteiger partial charge in [-0.2, -0.15) is 0 Å². The van der Waals surface area contributed by atoms with Crippen LogP contribution in [0, 0.1) is 0 Å². The van der Waals surface area contributed by atoms with E-state index < -0.39 is 23.5 Å². The smallest absolute Gasteiger partial charge is 0.290 e. The van der Waals surface area contributed by atoms with Crippen LogP contribution in [-0.4, -0.2) is 74.1 Å². The molecule has 1 aliphatic rings. The van der Waals surface area contributed by atoms with Crippen LogP contribution in [0.1, 0.15) is 36.0 Å². The first kappa shape index (κ1) is 26.1. The van der Waals surface area contributed by atoms with E-state index in [1.165, 1.54) is 26.2 Å². The molecule has 0 saturated heterocycles. The normalized spacial score (nSPS) is 15.7. The number of Topliss-reactive ketones (excluding diaryl/α,β-unsaturated/α-hetero) is 1. The molecule has 9 heteroatoms. The third kappa shape index (κ3) is 4.74. The Balaban J connectivity index is 1.84. The molecule has 3 aromatic rings. The van der Waals surface area contributed by atoms with Crippen LogP contribution in [0.3, 0.4) is 0 Å². The van der Waals surface area contributed by atoms with Crippen LogP contribution in [0.25, 0.3) is 11.0 Å². The molecule has 1 N–H and O–H groups in total. The van der Waals surface area contributed by atoms with Gasteiger partial charge in [0.1, 0.15) is 11.5 Å². The molecule has 1 atom stereocenters. The number of furan rings is 1. The highest BCUT2D eigenvalue weighted by molar-refractivity contribution is 6.16. The van der Waals surface area contributed by atoms with Crippen molar-refractivity contribution in [3.8, 4) is 17.2 Å². The highest BCUT2D eigenvalue weighted by Crippen LogP contribution is 2.44. The number of likely N-dealkylation sites (N-methyl/N-ethyl adjacent to an activating group) is 1. The van der Waals surface area contributed by atoms with E-state index in [0.29, 0.717) is 46.9 Å². The summed E-state index contributed by atoms with van der Waals surface area (Å²) >= 11 is 0. The van der Waals surface area contributed by atoms with Crippen molar-refractivity contribution in [2.45, 2.75) is 19.9 Å². The van der Waals surface area contributed by atoms with Crippen LogP contribution < -0.4 is 14.2 Å². The lowest BCUT2D eigenvalue weighted by atomic mass is 9.94. The SMILES string of the molecule is CCN(CC)CCN1C(=O)C(O)=C(C(=O)c2cc3cccc(OC)c3o2)[C@@H]1c1cc(OC)ccc1OC. The van der Waals surface area contributed by atoms with Gasteiger partial charge in [-0.15, -0.1) is 0 Å². The van der Waals surface area contributed by atoms with Crippen molar-refractivity contribution in [2.75, 3.05) is 47.5 Å². The molecule has 0 bridgehead atoms. The number of hydrogen-bond acceptors (Lipinski definition) is 8. The zero-order valence-corrected chi connectivity index (χ0v) is 21.7. The number of carbonyl (C=O) groups excluding carboxylic acids is 2. The second-order valence-corrected chi connectivity index (χ2v) is 8.62. The summed E-state index contributed by atoms with van der Waals surface area (Å²) in [5, 5.41) is 11.7. The molecule has 196 valence electrons. The number of aliphatic hydroxyl groups is 1. The summed E-state index contributed by atoms with van der Waals surface area (Å²) in [4.78, 5) is 30.9. The van der Waals surface area contributed by atoms with E-state index in [0.717, 1.165) is 13.1 Å². The van der Waals surface area contributed by atoms with Gasteiger partial charge in [-0.3, -0.25) is 9.59 Å². The van der Waals surface area contributed by atoms with Gasteiger partial charge in [-0.25, -0.2) is 0 Å². The molecule has 1 aromatic heterocycles. The molecule has 4 rings (SSSR count). The number of carbonyl (C=O) groups is 2. The van der Waals surface area contributed by atoms with Crippen LogP contribution in [-0.2, 0) is 4.79 Å². The number of nitrogens with zero attached hydrogens (tertiary/aromatic N) is 2. The number of aliphatic hydroxyl groups excluding tert-OH is 1. The number of hydrogen-bond donors (Lipinski definition) is 1. The minimum absolute atomic E-state index is 0.00805. The molecule has 1 aliphatic heterocycles. The van der Waals surface area contributed by atoms with Crippen molar-refractivity contribution < 1.29 is 33.3 Å². The Labute approximate surface area is 215 Å². The van der Waals surface area contributed by atoms with E-state index in [1.54, 1.807) is 42.5 Å². The molecule has 0 unspecified atom stereocenters. The molecule has 2 aromatic carbocycles. The first-order chi connectivity index (χ1) is 17.9. The monoisotopic (exact) mass is 508 g/mol. The number of amides is 1. The van der Waals surface area contributed by atoms with E-state index in [2.05, 4.69) is 4.90 Å². The number of methoxy groups -OCH3 is 3. The highest BCUT2D eigenvalue weighted by atomic mass is 16.5. The molecular weight excluding hydrogens is 476 g/mol. The van der Waals surface area contributed by atoms with E-state index in [1.807, 2.05) is 13.8 Å². The van der Waals surface area contributed by atoms with Gasteiger partial charge in [-0.05, 0) is 43.4 Å². The number of ether oxygens (including phenoxy) is 3. The van der Waals surface area contributed by atoms with Crippen molar-refractivity contribution in [1.29, 1.82) is 0 Å². The maximum atomic E-state index is 13.9. The predicted octanol–water partition coefficient (Wildman–Crippen LogP) is 4.38. The number of para-hydroxylation sites is 1. The van der Waals surface area contributed by atoms with Crippen molar-refractivity contribution in [3.05, 3.63) is 65.1 Å². The highest BCUT2D eigenvalue weighted by Gasteiger charge is 2.45. The van der Waals surface area contributed by atoms with Crippen LogP contribution in [0.5, 0.6) is 17.2 Å². The number of rotatable bonds is 11. The molecule has 9 nitrogen and oxygen atoms in total. The Morgan fingerprint density at radius 3 is 2.41 bits per heavy atom. The number of ketones is 1. The fourth-order valence-corrected chi connectivity index (χ4v) is 4.72. The minimum Gasteiger partial charge on any atom is -0.503 e. The molecule has 0 spiro atoms. The molecule has 2 heterocycles. The summed E-state index contributed by atoms with van der Waals surface area (Å²) < 4.78 is 22.3. The van der Waals surface area contributed by atoms with Crippen LogP contribution in [0.2, 0.25) is 0 Å². The van der Waals surface area contributed by atoms with Crippen LogP contribution in [0.4, 0.5) is 0 Å². The third-order valence-electron chi connectivity index (χ3n) is 6.78. The van der Waals surface area contributed by atoms with E-state index >= 15 is 0 Å². The standard InChI is InChI=1S/C28H32N2O7/c1-6-29(7-2)13-14-30-24(19-16-18(34-3)11-12-20(19)35-4)23(26(32)28(30)33)25(31)22-15-17-9-8-10-21(36-5)27(17)37-22/h8-12,15-16,24,32H,6-7,13-14H2,1-5H3/t24-/m0/s1. The zero-order valence-electron chi connectivity index (χ0n) is 21.7. The average Bonchev–Trinajstić information content (AvgIpc) is 3.47. The fraction of sp³-hybridized carbons (Fsp3) is 0.357. The maximum absolute atomic E-state index is 13.9. The molecular formula is C28H32N2O7. The first-order valence-corrected chi connectivity index (χ1v) is 12.2. The summed E-state index contributed by atoms with van der Waals surface area (Å²) in [6, 6.07) is 11.2. The fourth-order valence-electron chi connectivity index (χ4n) is 4.72. The third-order valence-corrected chi connectivity index (χ3v) is 6.78. The Morgan fingerprint density at radius 1 is 1.03 bits per heavy atom. The second-order valence-electron chi connectivity index (χ2n) is 8.62. The van der Waals surface area contributed by atoms with Crippen LogP contribution in [0.15, 0.2) is 58.2 Å². The van der Waals surface area contributed by atoms with Gasteiger partial charge in [0.2, 0.25) is 5.78 Å². The topological polar surface area (TPSA) is 102 Å². The van der Waals surface area contributed by atoms with Gasteiger partial charge < -0.3 is 33.5 Å². The van der Waals surface area contributed by atoms with Gasteiger partial charge in [-0.1, -0.05) is 26.0 Å². The van der Waals surface area contributed by atoms with Crippen molar-refractivity contribution in [1.82, 2.24) is 9.80 Å². The van der Waals surface area contributed by atoms with Gasteiger partial charge in [0, 0.05) is 24.0 Å². The lowest BCUT2D eigenvalue weighted by Gasteiger charge is -2.30. The second kappa shape index (κ2) is 11.0. The summed E-state index contributed by atoms with van der Waals surface area (Å²) in [6.45, 7) is 6.55. The lowest BCUT2D eigenvalue weighted by Crippen LogP contribution is -2.38. The van der Waals surface area contributed by atoms with Crippen molar-refractivity contribution in [2.24, 2.45) is 0 Å². The largest absolute Gasteiger partial charge is 0.503 e. The quantitative estimate of drug-likeness (QED) is 0.381. The van der Waals surface area contributed by atoms with Crippen molar-refractivity contribution >= 4 is 22.7 Å². The molecule has 0 aliphatic carbocycles. The molecule has 1 amide bonds. The first-order valence-electron chi connectivity index (χ1n) is 12.2. The Kier molecular flexibility index (Phi) is 7.73. The molecule has 37 heavy (non-hydrogen) atoms. The molecule has 0 fully saturated rings. The van der Waals surface area contributed by atoms with Gasteiger partial charge in [0.05, 0.1) is 32.9 Å². The zero-order chi connectivity index (χ0) is 26.7. The predicted molar refractivity (Wildman–Crippen MR) is 139 cm³/mol. The Morgan fingerprint density at radius 2 is 1.76 bits per heavy atom. The molecule has 0 radical (unpaired) electrons. The average molecular weight is 509 g/mol. The number of fused-ring (bicyclic) bond motifs is 1. The Hall–Kier alpha value is -3.98. The van der Waals surface area contributed by atoms with E-state index in [9.17, 15) is 14.7 Å². The van der Waals surface area contributed by atoms with Gasteiger partial charge in [0.15, 0.2) is 22.9 Å². The summed E-state index contributed by atoms with van der Waals surface area (Å²) in [6.07, 6.45) is 0.